The summed E-state index contributed by atoms with van der Waals surface area (Å²) in [6.45, 7) is 1.84. The Morgan fingerprint density at radius 2 is 2.12 bits per heavy atom. The molecule has 0 aromatic heterocycles. The van der Waals surface area contributed by atoms with E-state index >= 15 is 0 Å². The monoisotopic (exact) mass is 297 g/mol. The van der Waals surface area contributed by atoms with Gasteiger partial charge in [0.15, 0.2) is 0 Å². The zero-order valence-electron chi connectivity index (χ0n) is 9.78. The highest BCUT2D eigenvalue weighted by molar-refractivity contribution is 9.10. The normalized spacial score (nSPS) is 12.1. The number of halogens is 1. The molecule has 1 atom stereocenters. The molecular formula is C13H16BrNO2. The van der Waals surface area contributed by atoms with Crippen LogP contribution in [0.1, 0.15) is 25.3 Å². The van der Waals surface area contributed by atoms with Gasteiger partial charge >= 0.3 is 0 Å². The Labute approximate surface area is 110 Å². The van der Waals surface area contributed by atoms with Crippen LogP contribution in [0.3, 0.4) is 0 Å². The molecule has 92 valence electrons. The molecule has 0 radical (unpaired) electrons. The van der Waals surface area contributed by atoms with Crippen molar-refractivity contribution in [2.45, 2.75) is 26.2 Å². The van der Waals surface area contributed by atoms with E-state index in [0.29, 0.717) is 12.8 Å². The minimum Gasteiger partial charge on any atom is -0.370 e. The smallest absolute Gasteiger partial charge is 0.217 e. The fourth-order valence-corrected chi connectivity index (χ4v) is 1.99. The van der Waals surface area contributed by atoms with Crippen molar-refractivity contribution >= 4 is 27.6 Å². The maximum atomic E-state index is 11.9. The first-order chi connectivity index (χ1) is 7.99. The lowest BCUT2D eigenvalue weighted by Gasteiger charge is -2.09. The van der Waals surface area contributed by atoms with E-state index in [0.717, 1.165) is 10.0 Å². The Morgan fingerprint density at radius 1 is 1.41 bits per heavy atom. The van der Waals surface area contributed by atoms with Gasteiger partial charge in [-0.2, -0.15) is 0 Å². The van der Waals surface area contributed by atoms with Gasteiger partial charge in [0.05, 0.1) is 0 Å². The van der Waals surface area contributed by atoms with Crippen LogP contribution in [0, 0.1) is 5.92 Å². The summed E-state index contributed by atoms with van der Waals surface area (Å²) >= 11 is 3.37. The van der Waals surface area contributed by atoms with Crippen molar-refractivity contribution < 1.29 is 9.59 Å². The molecule has 0 spiro atoms. The van der Waals surface area contributed by atoms with Crippen molar-refractivity contribution in [3.8, 4) is 0 Å². The lowest BCUT2D eigenvalue weighted by molar-refractivity contribution is -0.122. The molecular weight excluding hydrogens is 282 g/mol. The summed E-state index contributed by atoms with van der Waals surface area (Å²) in [6.07, 6.45) is 1.20. The Bertz CT molecular complexity index is 418. The molecule has 0 fully saturated rings. The van der Waals surface area contributed by atoms with Gasteiger partial charge in [0.1, 0.15) is 5.78 Å². The van der Waals surface area contributed by atoms with E-state index < -0.39 is 0 Å². The van der Waals surface area contributed by atoms with Gasteiger partial charge in [-0.1, -0.05) is 35.0 Å². The van der Waals surface area contributed by atoms with E-state index in [-0.39, 0.29) is 24.0 Å². The third kappa shape index (κ3) is 5.13. The lowest BCUT2D eigenvalue weighted by atomic mass is 9.95. The summed E-state index contributed by atoms with van der Waals surface area (Å²) in [5.41, 5.74) is 6.04. The van der Waals surface area contributed by atoms with Crippen molar-refractivity contribution in [3.05, 3.63) is 34.3 Å². The van der Waals surface area contributed by atoms with Gasteiger partial charge in [-0.3, -0.25) is 9.59 Å². The second-order valence-electron chi connectivity index (χ2n) is 4.18. The molecule has 17 heavy (non-hydrogen) atoms. The Hall–Kier alpha value is -1.16. The van der Waals surface area contributed by atoms with Crippen molar-refractivity contribution in [3.63, 3.8) is 0 Å². The minimum atomic E-state index is -0.355. The van der Waals surface area contributed by atoms with E-state index in [1.165, 1.54) is 0 Å². The summed E-state index contributed by atoms with van der Waals surface area (Å²) in [7, 11) is 0. The van der Waals surface area contributed by atoms with Gasteiger partial charge in [-0.15, -0.1) is 0 Å². The number of Topliss-reactive ketones (excluding diaryl/α,β-unsaturated/α-hetero) is 1. The number of nitrogens with two attached hydrogens (primary N) is 1. The van der Waals surface area contributed by atoms with Gasteiger partial charge in [0, 0.05) is 23.2 Å². The van der Waals surface area contributed by atoms with Crippen LogP contribution >= 0.6 is 15.9 Å². The molecule has 0 bridgehead atoms. The van der Waals surface area contributed by atoms with Crippen LogP contribution in [0.15, 0.2) is 28.7 Å². The highest BCUT2D eigenvalue weighted by atomic mass is 79.9. The predicted molar refractivity (Wildman–Crippen MR) is 70.4 cm³/mol. The Kier molecular flexibility index (Phi) is 5.35. The van der Waals surface area contributed by atoms with E-state index in [1.807, 2.05) is 31.2 Å². The van der Waals surface area contributed by atoms with Crippen LogP contribution in [0.5, 0.6) is 0 Å². The standard InChI is InChI=1S/C13H16BrNO2/c1-9(5-6-13(15)17)12(16)8-10-3-2-4-11(14)7-10/h2-4,7,9H,5-6,8H2,1H3,(H2,15,17). The summed E-state index contributed by atoms with van der Waals surface area (Å²) in [5.74, 6) is -0.335. The van der Waals surface area contributed by atoms with Gasteiger partial charge in [0.2, 0.25) is 5.91 Å². The fourth-order valence-electron chi connectivity index (χ4n) is 1.54. The quantitative estimate of drug-likeness (QED) is 0.877. The van der Waals surface area contributed by atoms with E-state index in [1.54, 1.807) is 0 Å². The van der Waals surface area contributed by atoms with Gasteiger partial charge in [-0.25, -0.2) is 0 Å². The molecule has 1 aromatic carbocycles. The minimum absolute atomic E-state index is 0.124. The number of rotatable bonds is 6. The third-order valence-corrected chi connectivity index (χ3v) is 3.13. The first kappa shape index (κ1) is 13.9. The van der Waals surface area contributed by atoms with Crippen molar-refractivity contribution in [1.29, 1.82) is 0 Å². The molecule has 0 saturated carbocycles. The van der Waals surface area contributed by atoms with Crippen LogP contribution in [0.25, 0.3) is 0 Å². The first-order valence-electron chi connectivity index (χ1n) is 5.54. The number of primary amides is 1. The van der Waals surface area contributed by atoms with Gasteiger partial charge in [0.25, 0.3) is 0 Å². The number of carbonyl (C=O) groups excluding carboxylic acids is 2. The first-order valence-corrected chi connectivity index (χ1v) is 6.34. The Morgan fingerprint density at radius 3 is 2.71 bits per heavy atom. The maximum Gasteiger partial charge on any atom is 0.217 e. The molecule has 3 nitrogen and oxygen atoms in total. The zero-order valence-corrected chi connectivity index (χ0v) is 11.4. The van der Waals surface area contributed by atoms with E-state index in [2.05, 4.69) is 15.9 Å². The largest absolute Gasteiger partial charge is 0.370 e. The average molecular weight is 298 g/mol. The fraction of sp³-hybridized carbons (Fsp3) is 0.385. The van der Waals surface area contributed by atoms with Crippen LogP contribution in [-0.2, 0) is 16.0 Å². The molecule has 1 aromatic rings. The van der Waals surface area contributed by atoms with E-state index in [4.69, 9.17) is 5.73 Å². The van der Waals surface area contributed by atoms with Crippen molar-refractivity contribution in [2.75, 3.05) is 0 Å². The molecule has 1 rings (SSSR count). The van der Waals surface area contributed by atoms with Gasteiger partial charge in [-0.05, 0) is 24.1 Å². The second kappa shape index (κ2) is 6.55. The van der Waals surface area contributed by atoms with Crippen molar-refractivity contribution in [2.24, 2.45) is 11.7 Å². The Balaban J connectivity index is 2.51. The van der Waals surface area contributed by atoms with Gasteiger partial charge < -0.3 is 5.73 Å². The molecule has 1 unspecified atom stereocenters. The summed E-state index contributed by atoms with van der Waals surface area (Å²) in [5, 5.41) is 0. The number of ketones is 1. The predicted octanol–water partition coefficient (Wildman–Crippen LogP) is 2.46. The molecule has 1 amide bonds. The topological polar surface area (TPSA) is 60.2 Å². The molecule has 0 saturated heterocycles. The van der Waals surface area contributed by atoms with Crippen molar-refractivity contribution in [1.82, 2.24) is 0 Å². The molecule has 0 aliphatic rings. The van der Waals surface area contributed by atoms with Crippen LogP contribution in [0.2, 0.25) is 0 Å². The number of amides is 1. The second-order valence-corrected chi connectivity index (χ2v) is 5.09. The highest BCUT2D eigenvalue weighted by Crippen LogP contribution is 2.15. The number of hydrogen-bond donors (Lipinski definition) is 1. The lowest BCUT2D eigenvalue weighted by Crippen LogP contribution is -2.17. The molecule has 0 aliphatic heterocycles. The van der Waals surface area contributed by atoms with Crippen LogP contribution in [0.4, 0.5) is 0 Å². The molecule has 0 aliphatic carbocycles. The maximum absolute atomic E-state index is 11.9. The number of carbonyl (C=O) groups is 2. The SMILES string of the molecule is CC(CCC(N)=O)C(=O)Cc1cccc(Br)c1. The summed E-state index contributed by atoms with van der Waals surface area (Å²) in [6, 6.07) is 7.67. The summed E-state index contributed by atoms with van der Waals surface area (Å²) in [4.78, 5) is 22.5. The molecule has 2 N–H and O–H groups in total. The number of benzene rings is 1. The van der Waals surface area contributed by atoms with Crippen LogP contribution in [-0.4, -0.2) is 11.7 Å². The summed E-state index contributed by atoms with van der Waals surface area (Å²) < 4.78 is 0.965. The average Bonchev–Trinajstić information content (AvgIpc) is 2.25. The zero-order chi connectivity index (χ0) is 12.8. The number of hydrogen-bond acceptors (Lipinski definition) is 2. The molecule has 0 heterocycles. The van der Waals surface area contributed by atoms with Crippen LogP contribution < -0.4 is 5.73 Å². The van der Waals surface area contributed by atoms with E-state index in [9.17, 15) is 9.59 Å². The third-order valence-electron chi connectivity index (χ3n) is 2.64. The molecule has 4 heteroatoms. The highest BCUT2D eigenvalue weighted by Gasteiger charge is 2.14.